The minimum Gasteiger partial charge on any atom is -0.368 e. The number of ether oxygens (including phenoxy) is 1. The Balaban J connectivity index is 2.42. The highest BCUT2D eigenvalue weighted by molar-refractivity contribution is 7.11. The first-order valence-corrected chi connectivity index (χ1v) is 8.09. The Morgan fingerprint density at radius 2 is 1.95 bits per heavy atom. The smallest absolute Gasteiger partial charge is 0.125 e. The Kier molecular flexibility index (Phi) is 4.33. The topological polar surface area (TPSA) is 48.1 Å². The molecule has 4 heteroatoms. The zero-order valence-corrected chi connectivity index (χ0v) is 13.4. The SMILES string of the molecule is CCOC1(c2nc(C(C)(C)C)c(CN)s2)CCCC1. The van der Waals surface area contributed by atoms with Crippen LogP contribution in [0.3, 0.4) is 0 Å². The van der Waals surface area contributed by atoms with Gasteiger partial charge >= 0.3 is 0 Å². The molecular formula is C15H26N2OS. The molecule has 2 rings (SSSR count). The van der Waals surface area contributed by atoms with Crippen LogP contribution in [0.25, 0.3) is 0 Å². The molecule has 1 aromatic rings. The van der Waals surface area contributed by atoms with E-state index in [-0.39, 0.29) is 11.0 Å². The summed E-state index contributed by atoms with van der Waals surface area (Å²) in [6.45, 7) is 10.0. The van der Waals surface area contributed by atoms with E-state index in [1.807, 2.05) is 0 Å². The minimum absolute atomic E-state index is 0.0511. The number of nitrogens with two attached hydrogens (primary N) is 1. The van der Waals surface area contributed by atoms with Crippen LogP contribution in [0.1, 0.15) is 69.0 Å². The second-order valence-corrected chi connectivity index (χ2v) is 7.46. The van der Waals surface area contributed by atoms with Gasteiger partial charge in [-0.2, -0.15) is 0 Å². The van der Waals surface area contributed by atoms with E-state index in [4.69, 9.17) is 15.5 Å². The lowest BCUT2D eigenvalue weighted by Crippen LogP contribution is -2.26. The van der Waals surface area contributed by atoms with Gasteiger partial charge in [-0.1, -0.05) is 33.6 Å². The molecule has 19 heavy (non-hydrogen) atoms. The van der Waals surface area contributed by atoms with Crippen molar-refractivity contribution in [3.8, 4) is 0 Å². The van der Waals surface area contributed by atoms with E-state index in [9.17, 15) is 0 Å². The molecule has 1 heterocycles. The van der Waals surface area contributed by atoms with Gasteiger partial charge in [-0.25, -0.2) is 4.98 Å². The molecule has 0 amide bonds. The highest BCUT2D eigenvalue weighted by Crippen LogP contribution is 2.45. The van der Waals surface area contributed by atoms with Crippen molar-refractivity contribution in [1.29, 1.82) is 0 Å². The van der Waals surface area contributed by atoms with Gasteiger partial charge in [-0.15, -0.1) is 11.3 Å². The number of thiazole rings is 1. The number of rotatable bonds is 4. The molecule has 0 aliphatic heterocycles. The highest BCUT2D eigenvalue weighted by Gasteiger charge is 2.40. The molecule has 3 nitrogen and oxygen atoms in total. The molecule has 108 valence electrons. The van der Waals surface area contributed by atoms with E-state index in [0.717, 1.165) is 30.2 Å². The lowest BCUT2D eigenvalue weighted by molar-refractivity contribution is -0.0392. The average Bonchev–Trinajstić information content (AvgIpc) is 2.94. The van der Waals surface area contributed by atoms with Crippen molar-refractivity contribution in [3.05, 3.63) is 15.6 Å². The summed E-state index contributed by atoms with van der Waals surface area (Å²) in [6, 6.07) is 0. The van der Waals surface area contributed by atoms with Gasteiger partial charge in [0.25, 0.3) is 0 Å². The lowest BCUT2D eigenvalue weighted by Gasteiger charge is -2.26. The standard InChI is InChI=1S/C15H26N2OS/c1-5-18-15(8-6-7-9-15)13-17-12(14(2,3)4)11(10-16)19-13/h5-10,16H2,1-4H3. The fourth-order valence-corrected chi connectivity index (χ4v) is 4.26. The van der Waals surface area contributed by atoms with Crippen molar-refractivity contribution in [1.82, 2.24) is 4.98 Å². The zero-order valence-electron chi connectivity index (χ0n) is 12.6. The summed E-state index contributed by atoms with van der Waals surface area (Å²) in [4.78, 5) is 6.15. The van der Waals surface area contributed by atoms with Crippen LogP contribution < -0.4 is 5.73 Å². The van der Waals surface area contributed by atoms with E-state index in [2.05, 4.69) is 27.7 Å². The van der Waals surface area contributed by atoms with Crippen molar-refractivity contribution in [2.24, 2.45) is 5.73 Å². The Labute approximate surface area is 120 Å². The summed E-state index contributed by atoms with van der Waals surface area (Å²) in [6.07, 6.45) is 4.68. The average molecular weight is 282 g/mol. The third kappa shape index (κ3) is 2.86. The third-order valence-corrected chi connectivity index (χ3v) is 5.08. The molecule has 0 aromatic carbocycles. The van der Waals surface area contributed by atoms with Crippen molar-refractivity contribution in [2.75, 3.05) is 6.61 Å². The van der Waals surface area contributed by atoms with Gasteiger partial charge in [0.1, 0.15) is 10.6 Å². The van der Waals surface area contributed by atoms with E-state index in [1.54, 1.807) is 11.3 Å². The van der Waals surface area contributed by atoms with E-state index < -0.39 is 0 Å². The Morgan fingerprint density at radius 1 is 1.32 bits per heavy atom. The fourth-order valence-electron chi connectivity index (χ4n) is 2.91. The van der Waals surface area contributed by atoms with Crippen LogP contribution in [0.2, 0.25) is 0 Å². The molecule has 0 saturated heterocycles. The van der Waals surface area contributed by atoms with Crippen LogP contribution in [0.15, 0.2) is 0 Å². The van der Waals surface area contributed by atoms with E-state index in [0.29, 0.717) is 6.54 Å². The Hall–Kier alpha value is -0.450. The first-order chi connectivity index (χ1) is 8.93. The van der Waals surface area contributed by atoms with Gasteiger partial charge in [0.05, 0.1) is 5.69 Å². The first kappa shape index (κ1) is 14.9. The Bertz CT molecular complexity index is 428. The number of hydrogen-bond donors (Lipinski definition) is 1. The maximum absolute atomic E-state index is 6.11. The molecule has 0 radical (unpaired) electrons. The molecule has 0 bridgehead atoms. The maximum atomic E-state index is 6.11. The summed E-state index contributed by atoms with van der Waals surface area (Å²) in [7, 11) is 0. The second kappa shape index (κ2) is 5.51. The summed E-state index contributed by atoms with van der Waals surface area (Å²) in [5.74, 6) is 0. The van der Waals surface area contributed by atoms with Crippen molar-refractivity contribution in [3.63, 3.8) is 0 Å². The number of nitrogens with zero attached hydrogens (tertiary/aromatic N) is 1. The zero-order chi connectivity index (χ0) is 14.1. The molecule has 1 saturated carbocycles. The molecule has 0 unspecified atom stereocenters. The van der Waals surface area contributed by atoms with E-state index >= 15 is 0 Å². The predicted octanol–water partition coefficient (Wildman–Crippen LogP) is 3.71. The molecule has 1 aliphatic carbocycles. The van der Waals surface area contributed by atoms with Crippen molar-refractivity contribution >= 4 is 11.3 Å². The predicted molar refractivity (Wildman–Crippen MR) is 80.5 cm³/mol. The van der Waals surface area contributed by atoms with Gasteiger partial charge < -0.3 is 10.5 Å². The van der Waals surface area contributed by atoms with Crippen LogP contribution in [0, 0.1) is 0 Å². The highest BCUT2D eigenvalue weighted by atomic mass is 32.1. The van der Waals surface area contributed by atoms with Crippen LogP contribution in [0.5, 0.6) is 0 Å². The summed E-state index contributed by atoms with van der Waals surface area (Å²) < 4.78 is 6.11. The van der Waals surface area contributed by atoms with Gasteiger partial charge in [0.15, 0.2) is 0 Å². The molecule has 1 aromatic heterocycles. The number of aromatic nitrogens is 1. The molecular weight excluding hydrogens is 256 g/mol. The second-order valence-electron chi connectivity index (χ2n) is 6.38. The van der Waals surface area contributed by atoms with Gasteiger partial charge in [-0.05, 0) is 19.8 Å². The van der Waals surface area contributed by atoms with Crippen LogP contribution in [-0.4, -0.2) is 11.6 Å². The van der Waals surface area contributed by atoms with E-state index in [1.165, 1.54) is 17.7 Å². The maximum Gasteiger partial charge on any atom is 0.125 e. The largest absolute Gasteiger partial charge is 0.368 e. The van der Waals surface area contributed by atoms with Gasteiger partial charge in [-0.3, -0.25) is 0 Å². The number of hydrogen-bond acceptors (Lipinski definition) is 4. The molecule has 1 aliphatic rings. The molecule has 0 spiro atoms. The van der Waals surface area contributed by atoms with Crippen LogP contribution in [0.4, 0.5) is 0 Å². The van der Waals surface area contributed by atoms with Gasteiger partial charge in [0, 0.05) is 23.4 Å². The van der Waals surface area contributed by atoms with Crippen molar-refractivity contribution in [2.45, 2.75) is 70.9 Å². The molecule has 2 N–H and O–H groups in total. The monoisotopic (exact) mass is 282 g/mol. The molecule has 0 atom stereocenters. The lowest BCUT2D eigenvalue weighted by atomic mass is 9.91. The van der Waals surface area contributed by atoms with Crippen LogP contribution >= 0.6 is 11.3 Å². The third-order valence-electron chi connectivity index (χ3n) is 3.81. The van der Waals surface area contributed by atoms with Crippen molar-refractivity contribution < 1.29 is 4.74 Å². The summed E-state index contributed by atoms with van der Waals surface area (Å²) in [5, 5.41) is 1.15. The summed E-state index contributed by atoms with van der Waals surface area (Å²) >= 11 is 1.76. The Morgan fingerprint density at radius 3 is 2.37 bits per heavy atom. The molecule has 1 fully saturated rings. The first-order valence-electron chi connectivity index (χ1n) is 7.27. The minimum atomic E-state index is -0.132. The summed E-state index contributed by atoms with van der Waals surface area (Å²) in [5.41, 5.74) is 6.98. The normalized spacial score (nSPS) is 19.0. The quantitative estimate of drug-likeness (QED) is 0.916. The van der Waals surface area contributed by atoms with Gasteiger partial charge in [0.2, 0.25) is 0 Å². The van der Waals surface area contributed by atoms with Crippen LogP contribution in [-0.2, 0) is 22.3 Å². The fraction of sp³-hybridized carbons (Fsp3) is 0.800.